The molecule has 3 amide bonds. The zero-order chi connectivity index (χ0) is 9.14. The fourth-order valence-electron chi connectivity index (χ4n) is 0.983. The van der Waals surface area contributed by atoms with Crippen LogP contribution in [0.4, 0.5) is 4.79 Å². The molecule has 0 radical (unpaired) electrons. The molecule has 66 valence electrons. The van der Waals surface area contributed by atoms with Gasteiger partial charge in [-0.05, 0) is 13.0 Å². The molecular formula is C7H11N3O2. The van der Waals surface area contributed by atoms with Crippen molar-refractivity contribution in [3.8, 4) is 0 Å². The third-order valence-corrected chi connectivity index (χ3v) is 1.61. The van der Waals surface area contributed by atoms with Crippen LogP contribution in [0.1, 0.15) is 13.3 Å². The van der Waals surface area contributed by atoms with Gasteiger partial charge in [-0.15, -0.1) is 0 Å². The maximum Gasteiger partial charge on any atom is 0.329 e. The molecule has 5 heteroatoms. The Labute approximate surface area is 70.2 Å². The standard InChI is InChI=1S/C7H11N3O2/c1-2-10-6(11)4-3-5(8)9-7(10)12/h3H,2,4,8H2,1H3,(H,9,12). The zero-order valence-corrected chi connectivity index (χ0v) is 6.83. The monoisotopic (exact) mass is 169 g/mol. The lowest BCUT2D eigenvalue weighted by Crippen LogP contribution is -2.42. The van der Waals surface area contributed by atoms with Crippen molar-refractivity contribution < 1.29 is 9.59 Å². The van der Waals surface area contributed by atoms with Crippen LogP contribution < -0.4 is 11.1 Å². The van der Waals surface area contributed by atoms with Gasteiger partial charge in [0.2, 0.25) is 5.91 Å². The van der Waals surface area contributed by atoms with Crippen molar-refractivity contribution in [1.82, 2.24) is 10.2 Å². The number of nitrogens with zero attached hydrogens (tertiary/aromatic N) is 1. The molecule has 0 fully saturated rings. The Morgan fingerprint density at radius 2 is 2.33 bits per heavy atom. The molecule has 3 N–H and O–H groups in total. The van der Waals surface area contributed by atoms with Crippen LogP contribution in [0, 0.1) is 0 Å². The summed E-state index contributed by atoms with van der Waals surface area (Å²) in [7, 11) is 0. The van der Waals surface area contributed by atoms with Crippen LogP contribution in [-0.2, 0) is 4.79 Å². The highest BCUT2D eigenvalue weighted by Crippen LogP contribution is 2.01. The molecule has 0 bridgehead atoms. The van der Waals surface area contributed by atoms with E-state index in [1.807, 2.05) is 0 Å². The largest absolute Gasteiger partial charge is 0.385 e. The minimum Gasteiger partial charge on any atom is -0.385 e. The van der Waals surface area contributed by atoms with Crippen molar-refractivity contribution in [1.29, 1.82) is 0 Å². The van der Waals surface area contributed by atoms with Gasteiger partial charge in [-0.1, -0.05) is 0 Å². The molecule has 0 spiro atoms. The number of rotatable bonds is 1. The third-order valence-electron chi connectivity index (χ3n) is 1.61. The van der Waals surface area contributed by atoms with Gasteiger partial charge in [0, 0.05) is 13.0 Å². The van der Waals surface area contributed by atoms with E-state index in [0.717, 1.165) is 4.90 Å². The van der Waals surface area contributed by atoms with Crippen molar-refractivity contribution in [3.63, 3.8) is 0 Å². The Morgan fingerprint density at radius 1 is 1.67 bits per heavy atom. The molecule has 0 saturated heterocycles. The lowest BCUT2D eigenvalue weighted by Gasteiger charge is -2.15. The van der Waals surface area contributed by atoms with Crippen molar-refractivity contribution >= 4 is 11.9 Å². The van der Waals surface area contributed by atoms with Gasteiger partial charge in [0.15, 0.2) is 0 Å². The normalized spacial score (nSPS) is 18.4. The van der Waals surface area contributed by atoms with Crippen LogP contribution in [0.5, 0.6) is 0 Å². The lowest BCUT2D eigenvalue weighted by atomic mass is 10.3. The molecule has 1 aliphatic rings. The van der Waals surface area contributed by atoms with Gasteiger partial charge in [0.05, 0.1) is 0 Å². The Bertz CT molecular complexity index is 247. The summed E-state index contributed by atoms with van der Waals surface area (Å²) in [4.78, 5) is 23.4. The van der Waals surface area contributed by atoms with Gasteiger partial charge in [-0.25, -0.2) is 4.79 Å². The molecule has 0 atom stereocenters. The number of imide groups is 1. The van der Waals surface area contributed by atoms with E-state index < -0.39 is 6.03 Å². The van der Waals surface area contributed by atoms with Gasteiger partial charge in [-0.3, -0.25) is 15.0 Å². The topological polar surface area (TPSA) is 75.4 Å². The summed E-state index contributed by atoms with van der Waals surface area (Å²) >= 11 is 0. The zero-order valence-electron chi connectivity index (χ0n) is 6.83. The first-order valence-electron chi connectivity index (χ1n) is 3.72. The van der Waals surface area contributed by atoms with Gasteiger partial charge >= 0.3 is 6.03 Å². The van der Waals surface area contributed by atoms with Gasteiger partial charge < -0.3 is 5.73 Å². The van der Waals surface area contributed by atoms with Crippen LogP contribution in [0.2, 0.25) is 0 Å². The second kappa shape index (κ2) is 3.25. The van der Waals surface area contributed by atoms with Gasteiger partial charge in [-0.2, -0.15) is 0 Å². The Kier molecular flexibility index (Phi) is 2.32. The average molecular weight is 169 g/mol. The summed E-state index contributed by atoms with van der Waals surface area (Å²) in [5.74, 6) is 0.0137. The molecule has 1 heterocycles. The summed E-state index contributed by atoms with van der Waals surface area (Å²) in [6, 6.07) is -0.450. The van der Waals surface area contributed by atoms with Crippen molar-refractivity contribution in [2.75, 3.05) is 6.54 Å². The summed E-state index contributed by atoms with van der Waals surface area (Å²) in [6.07, 6.45) is 1.67. The minimum atomic E-state index is -0.450. The maximum absolute atomic E-state index is 11.2. The lowest BCUT2D eigenvalue weighted by molar-refractivity contribution is -0.127. The smallest absolute Gasteiger partial charge is 0.329 e. The number of nitrogens with one attached hydrogen (secondary N) is 1. The number of nitrogens with two attached hydrogens (primary N) is 1. The predicted octanol–water partition coefficient (Wildman–Crippen LogP) is -0.252. The molecule has 0 aliphatic carbocycles. The van der Waals surface area contributed by atoms with Crippen LogP contribution in [-0.4, -0.2) is 23.4 Å². The molecule has 1 rings (SSSR count). The van der Waals surface area contributed by atoms with Crippen molar-refractivity contribution in [2.45, 2.75) is 13.3 Å². The third kappa shape index (κ3) is 1.55. The number of hydrogen-bond donors (Lipinski definition) is 2. The van der Waals surface area contributed by atoms with Gasteiger partial charge in [0.25, 0.3) is 0 Å². The van der Waals surface area contributed by atoms with Crippen LogP contribution in [0.3, 0.4) is 0 Å². The fraction of sp³-hybridized carbons (Fsp3) is 0.429. The Balaban J connectivity index is 2.81. The highest BCUT2D eigenvalue weighted by Gasteiger charge is 2.21. The summed E-state index contributed by atoms with van der Waals surface area (Å²) < 4.78 is 0. The van der Waals surface area contributed by atoms with E-state index in [1.165, 1.54) is 6.08 Å². The molecule has 5 nitrogen and oxygen atoms in total. The second-order valence-electron chi connectivity index (χ2n) is 2.43. The van der Waals surface area contributed by atoms with E-state index >= 15 is 0 Å². The molecule has 0 aromatic carbocycles. The van der Waals surface area contributed by atoms with Crippen LogP contribution >= 0.6 is 0 Å². The number of hydrogen-bond acceptors (Lipinski definition) is 3. The molecule has 0 saturated carbocycles. The van der Waals surface area contributed by atoms with Crippen molar-refractivity contribution in [2.24, 2.45) is 5.73 Å². The van der Waals surface area contributed by atoms with Crippen molar-refractivity contribution in [3.05, 3.63) is 11.9 Å². The molecule has 0 unspecified atom stereocenters. The quantitative estimate of drug-likeness (QED) is 0.568. The first-order chi connectivity index (χ1) is 5.65. The number of amides is 3. The van der Waals surface area contributed by atoms with E-state index in [-0.39, 0.29) is 18.1 Å². The molecule has 1 aliphatic heterocycles. The minimum absolute atomic E-state index is 0.179. The van der Waals surface area contributed by atoms with E-state index in [2.05, 4.69) is 5.32 Å². The van der Waals surface area contributed by atoms with E-state index in [0.29, 0.717) is 6.54 Å². The highest BCUT2D eigenvalue weighted by molar-refractivity contribution is 5.96. The van der Waals surface area contributed by atoms with E-state index in [1.54, 1.807) is 6.92 Å². The van der Waals surface area contributed by atoms with E-state index in [9.17, 15) is 9.59 Å². The average Bonchev–Trinajstić information content (AvgIpc) is 2.12. The maximum atomic E-state index is 11.2. The fourth-order valence-corrected chi connectivity index (χ4v) is 0.983. The first kappa shape index (κ1) is 8.58. The Hall–Kier alpha value is -1.52. The summed E-state index contributed by atoms with van der Waals surface area (Å²) in [6.45, 7) is 2.10. The second-order valence-corrected chi connectivity index (χ2v) is 2.43. The predicted molar refractivity (Wildman–Crippen MR) is 42.8 cm³/mol. The summed E-state index contributed by atoms with van der Waals surface area (Å²) in [5, 5.41) is 2.38. The molecule has 12 heavy (non-hydrogen) atoms. The molecular weight excluding hydrogens is 158 g/mol. The molecule has 0 aromatic rings. The summed E-state index contributed by atoms with van der Waals surface area (Å²) in [5.41, 5.74) is 5.35. The molecule has 0 aromatic heterocycles. The van der Waals surface area contributed by atoms with Crippen LogP contribution in [0.25, 0.3) is 0 Å². The highest BCUT2D eigenvalue weighted by atomic mass is 16.2. The first-order valence-corrected chi connectivity index (χ1v) is 3.72. The number of carbonyl (C=O) groups excluding carboxylic acids is 2. The van der Waals surface area contributed by atoms with Gasteiger partial charge in [0.1, 0.15) is 5.82 Å². The Morgan fingerprint density at radius 3 is 2.92 bits per heavy atom. The van der Waals surface area contributed by atoms with E-state index in [4.69, 9.17) is 5.73 Å². The SMILES string of the molecule is CCN1C(=O)CC=C(N)NC1=O. The van der Waals surface area contributed by atoms with Crippen LogP contribution in [0.15, 0.2) is 11.9 Å². The number of urea groups is 1. The number of carbonyl (C=O) groups is 2.